The molecule has 0 atom stereocenters. The zero-order valence-corrected chi connectivity index (χ0v) is 8.54. The van der Waals surface area contributed by atoms with E-state index in [1.54, 1.807) is 12.1 Å². The molecule has 1 aromatic rings. The van der Waals surface area contributed by atoms with Crippen LogP contribution in [0.2, 0.25) is 0 Å². The summed E-state index contributed by atoms with van der Waals surface area (Å²) in [5.41, 5.74) is 5.75. The minimum Gasteiger partial charge on any atom is -0.356 e. The van der Waals surface area contributed by atoms with Gasteiger partial charge in [-0.25, -0.2) is 8.42 Å². The molecule has 4 nitrogen and oxygen atoms in total. The molecule has 1 rings (SSSR count). The number of sulfone groups is 1. The van der Waals surface area contributed by atoms with Crippen LogP contribution in [0.15, 0.2) is 29.2 Å². The number of hydrogen-bond donors (Lipinski definition) is 1. The van der Waals surface area contributed by atoms with Gasteiger partial charge in [-0.15, -0.1) is 0 Å². The van der Waals surface area contributed by atoms with Crippen molar-refractivity contribution in [2.45, 2.75) is 18.2 Å². The molecule has 1 aromatic carbocycles. The van der Waals surface area contributed by atoms with Crippen molar-refractivity contribution in [3.8, 4) is 0 Å². The van der Waals surface area contributed by atoms with E-state index in [0.29, 0.717) is 0 Å². The number of benzene rings is 1. The summed E-state index contributed by atoms with van der Waals surface area (Å²) in [4.78, 5) is 10.6. The summed E-state index contributed by atoms with van der Waals surface area (Å²) in [6.45, 7) is 1.96. The lowest BCUT2D eigenvalue weighted by Crippen LogP contribution is -2.21. The molecule has 0 aliphatic heterocycles. The summed E-state index contributed by atoms with van der Waals surface area (Å²) in [5.74, 6) is 0. The predicted octanol–water partition coefficient (Wildman–Crippen LogP) is 1.10. The van der Waals surface area contributed by atoms with Gasteiger partial charge < -0.3 is 5.73 Å². The Morgan fingerprint density at radius 1 is 1.29 bits per heavy atom. The molecule has 0 bridgehead atoms. The first kappa shape index (κ1) is 10.7. The van der Waals surface area contributed by atoms with Crippen LogP contribution in [-0.2, 0) is 16.3 Å². The standard InChI is InChI=1S/C9H11NO3S/c1-2-7-3-5-8(6-4-7)14(12,13)9(10)11/h3-6H,2H2,1H3,(H2,10,11). The molecule has 0 aliphatic rings. The number of aryl methyl sites for hydroxylation is 1. The van der Waals surface area contributed by atoms with Crippen molar-refractivity contribution in [1.29, 1.82) is 0 Å². The van der Waals surface area contributed by atoms with E-state index in [0.717, 1.165) is 12.0 Å². The van der Waals surface area contributed by atoms with Crippen LogP contribution in [0.5, 0.6) is 0 Å². The lowest BCUT2D eigenvalue weighted by molar-refractivity contribution is 0.265. The zero-order valence-electron chi connectivity index (χ0n) is 7.73. The normalized spacial score (nSPS) is 11.2. The molecule has 14 heavy (non-hydrogen) atoms. The van der Waals surface area contributed by atoms with E-state index in [9.17, 15) is 13.2 Å². The van der Waals surface area contributed by atoms with Crippen molar-refractivity contribution in [3.05, 3.63) is 29.8 Å². The van der Waals surface area contributed by atoms with E-state index < -0.39 is 15.1 Å². The Balaban J connectivity index is 3.16. The average molecular weight is 213 g/mol. The second-order valence-electron chi connectivity index (χ2n) is 2.82. The van der Waals surface area contributed by atoms with Crippen molar-refractivity contribution < 1.29 is 13.2 Å². The van der Waals surface area contributed by atoms with Gasteiger partial charge in [0.15, 0.2) is 0 Å². The third-order valence-electron chi connectivity index (χ3n) is 1.91. The highest BCUT2D eigenvalue weighted by atomic mass is 32.2. The van der Waals surface area contributed by atoms with Gasteiger partial charge in [-0.05, 0) is 24.1 Å². The van der Waals surface area contributed by atoms with E-state index in [2.05, 4.69) is 0 Å². The van der Waals surface area contributed by atoms with Crippen LogP contribution >= 0.6 is 0 Å². The fraction of sp³-hybridized carbons (Fsp3) is 0.222. The van der Waals surface area contributed by atoms with Gasteiger partial charge in [0.1, 0.15) is 0 Å². The first-order chi connectivity index (χ1) is 6.48. The third kappa shape index (κ3) is 1.93. The topological polar surface area (TPSA) is 77.2 Å². The number of nitrogens with two attached hydrogens (primary N) is 1. The van der Waals surface area contributed by atoms with Gasteiger partial charge in [0.2, 0.25) is 0 Å². The fourth-order valence-corrected chi connectivity index (χ4v) is 1.75. The van der Waals surface area contributed by atoms with Crippen LogP contribution in [0.1, 0.15) is 12.5 Å². The van der Waals surface area contributed by atoms with Crippen LogP contribution in [-0.4, -0.2) is 13.7 Å². The maximum atomic E-state index is 11.3. The van der Waals surface area contributed by atoms with Crippen molar-refractivity contribution >= 4 is 15.1 Å². The largest absolute Gasteiger partial charge is 0.356 e. The zero-order chi connectivity index (χ0) is 10.8. The quantitative estimate of drug-likeness (QED) is 0.799. The van der Waals surface area contributed by atoms with E-state index in [1.807, 2.05) is 6.92 Å². The van der Waals surface area contributed by atoms with E-state index in [1.165, 1.54) is 12.1 Å². The molecule has 0 aliphatic carbocycles. The van der Waals surface area contributed by atoms with Gasteiger partial charge >= 0.3 is 5.24 Å². The first-order valence-corrected chi connectivity index (χ1v) is 5.60. The molecule has 0 unspecified atom stereocenters. The Morgan fingerprint density at radius 2 is 1.79 bits per heavy atom. The fourth-order valence-electron chi connectivity index (χ4n) is 1.02. The van der Waals surface area contributed by atoms with Crippen molar-refractivity contribution in [2.24, 2.45) is 5.73 Å². The van der Waals surface area contributed by atoms with E-state index in [4.69, 9.17) is 5.73 Å². The van der Waals surface area contributed by atoms with E-state index in [-0.39, 0.29) is 4.90 Å². The molecule has 0 saturated carbocycles. The number of carbonyl (C=O) groups is 1. The molecule has 76 valence electrons. The highest BCUT2D eigenvalue weighted by molar-refractivity contribution is 8.06. The van der Waals surface area contributed by atoms with Crippen LogP contribution in [0.25, 0.3) is 0 Å². The maximum absolute atomic E-state index is 11.3. The molecule has 0 spiro atoms. The molecule has 0 fully saturated rings. The van der Waals surface area contributed by atoms with Crippen LogP contribution < -0.4 is 5.73 Å². The summed E-state index contributed by atoms with van der Waals surface area (Å²) in [6.07, 6.45) is 0.816. The van der Waals surface area contributed by atoms with Gasteiger partial charge in [0, 0.05) is 0 Å². The SMILES string of the molecule is CCc1ccc(S(=O)(=O)C(N)=O)cc1. The van der Waals surface area contributed by atoms with Gasteiger partial charge in [0.25, 0.3) is 9.84 Å². The summed E-state index contributed by atoms with van der Waals surface area (Å²) < 4.78 is 22.5. The minimum absolute atomic E-state index is 0.0535. The number of hydrogen-bond acceptors (Lipinski definition) is 3. The third-order valence-corrected chi connectivity index (χ3v) is 3.33. The number of amides is 1. The summed E-state index contributed by atoms with van der Waals surface area (Å²) >= 11 is 0. The van der Waals surface area contributed by atoms with E-state index >= 15 is 0 Å². The minimum atomic E-state index is -3.96. The first-order valence-electron chi connectivity index (χ1n) is 4.12. The highest BCUT2D eigenvalue weighted by Gasteiger charge is 2.20. The molecule has 0 radical (unpaired) electrons. The highest BCUT2D eigenvalue weighted by Crippen LogP contribution is 2.12. The van der Waals surface area contributed by atoms with Crippen LogP contribution in [0.4, 0.5) is 4.79 Å². The molecule has 0 heterocycles. The summed E-state index contributed by atoms with van der Waals surface area (Å²) in [7, 11) is -3.96. The van der Waals surface area contributed by atoms with Gasteiger partial charge in [-0.3, -0.25) is 4.79 Å². The Kier molecular flexibility index (Phi) is 2.90. The monoisotopic (exact) mass is 213 g/mol. The van der Waals surface area contributed by atoms with Crippen LogP contribution in [0, 0.1) is 0 Å². The lowest BCUT2D eigenvalue weighted by atomic mass is 10.2. The average Bonchev–Trinajstić information content (AvgIpc) is 2.17. The number of carbonyl (C=O) groups excluding carboxylic acids is 1. The van der Waals surface area contributed by atoms with Gasteiger partial charge in [-0.2, -0.15) is 0 Å². The van der Waals surface area contributed by atoms with Crippen molar-refractivity contribution in [3.63, 3.8) is 0 Å². The lowest BCUT2D eigenvalue weighted by Gasteiger charge is -2.00. The number of primary amides is 1. The molecule has 0 aromatic heterocycles. The Hall–Kier alpha value is -1.36. The summed E-state index contributed by atoms with van der Waals surface area (Å²) in [6, 6.07) is 6.10. The molecular weight excluding hydrogens is 202 g/mol. The Bertz CT molecular complexity index is 434. The molecule has 1 amide bonds. The molecule has 2 N–H and O–H groups in total. The van der Waals surface area contributed by atoms with Crippen molar-refractivity contribution in [1.82, 2.24) is 0 Å². The number of rotatable bonds is 2. The molecule has 0 saturated heterocycles. The molecule has 5 heteroatoms. The predicted molar refractivity (Wildman–Crippen MR) is 52.6 cm³/mol. The maximum Gasteiger partial charge on any atom is 0.338 e. The second kappa shape index (κ2) is 3.79. The van der Waals surface area contributed by atoms with Crippen molar-refractivity contribution in [2.75, 3.05) is 0 Å². The Labute approximate surface area is 82.7 Å². The molecular formula is C9H11NO3S. The summed E-state index contributed by atoms with van der Waals surface area (Å²) in [5, 5.41) is -1.32. The van der Waals surface area contributed by atoms with Gasteiger partial charge in [0.05, 0.1) is 4.90 Å². The van der Waals surface area contributed by atoms with Crippen LogP contribution in [0.3, 0.4) is 0 Å². The smallest absolute Gasteiger partial charge is 0.338 e. The Morgan fingerprint density at radius 3 is 2.14 bits per heavy atom. The van der Waals surface area contributed by atoms with Gasteiger partial charge in [-0.1, -0.05) is 19.1 Å². The second-order valence-corrected chi connectivity index (χ2v) is 4.70.